The first-order valence-corrected chi connectivity index (χ1v) is 11.4. The van der Waals surface area contributed by atoms with Crippen molar-refractivity contribution in [3.05, 3.63) is 53.1 Å². The van der Waals surface area contributed by atoms with Crippen LogP contribution in [-0.2, 0) is 14.8 Å². The number of carbonyl (C=O) groups excluding carboxylic acids is 2. The average molecular weight is 467 g/mol. The summed E-state index contributed by atoms with van der Waals surface area (Å²) in [5, 5.41) is 0.457. The molecule has 166 valence electrons. The van der Waals surface area contributed by atoms with E-state index in [1.807, 2.05) is 0 Å². The van der Waals surface area contributed by atoms with Gasteiger partial charge < -0.3 is 14.4 Å². The minimum atomic E-state index is -3.65. The number of halogens is 1. The number of nitrogens with zero attached hydrogens (tertiary/aromatic N) is 2. The molecule has 1 amide bonds. The normalized spacial score (nSPS) is 14.9. The molecule has 3 rings (SSSR count). The van der Waals surface area contributed by atoms with Crippen LogP contribution < -0.4 is 9.47 Å². The van der Waals surface area contributed by atoms with Gasteiger partial charge in [0.05, 0.1) is 17.6 Å². The molecule has 0 aromatic heterocycles. The maximum absolute atomic E-state index is 12.8. The number of piperazine rings is 1. The number of Topliss-reactive ketones (excluding diaryl/α,β-unsaturated/α-hetero) is 1. The molecule has 0 bridgehead atoms. The van der Waals surface area contributed by atoms with Crippen molar-refractivity contribution < 1.29 is 27.5 Å². The van der Waals surface area contributed by atoms with Crippen LogP contribution in [0.25, 0.3) is 0 Å². The number of hydrogen-bond acceptors (Lipinski definition) is 6. The Kier molecular flexibility index (Phi) is 7.19. The number of sulfonamides is 1. The zero-order chi connectivity index (χ0) is 22.6. The van der Waals surface area contributed by atoms with Crippen molar-refractivity contribution in [1.29, 1.82) is 0 Å². The predicted molar refractivity (Wildman–Crippen MR) is 115 cm³/mol. The highest BCUT2D eigenvalue weighted by molar-refractivity contribution is 7.89. The van der Waals surface area contributed by atoms with Crippen molar-refractivity contribution in [1.82, 2.24) is 9.21 Å². The van der Waals surface area contributed by atoms with Crippen LogP contribution in [0.2, 0.25) is 5.02 Å². The summed E-state index contributed by atoms with van der Waals surface area (Å²) >= 11 is 5.83. The molecular weight excluding hydrogens is 444 g/mol. The topological polar surface area (TPSA) is 93.2 Å². The molecule has 0 atom stereocenters. The second kappa shape index (κ2) is 9.67. The van der Waals surface area contributed by atoms with E-state index in [1.165, 1.54) is 42.6 Å². The molecule has 2 aromatic rings. The van der Waals surface area contributed by atoms with E-state index < -0.39 is 10.0 Å². The third-order valence-electron chi connectivity index (χ3n) is 4.96. The molecular formula is C21H23ClN2O6S. The Morgan fingerprint density at radius 2 is 1.68 bits per heavy atom. The van der Waals surface area contributed by atoms with Crippen LogP contribution in [0, 0.1) is 0 Å². The lowest BCUT2D eigenvalue weighted by Gasteiger charge is -2.34. The van der Waals surface area contributed by atoms with Crippen molar-refractivity contribution in [3.8, 4) is 11.5 Å². The Labute approximate surface area is 186 Å². The molecule has 1 saturated heterocycles. The Balaban J connectivity index is 1.60. The Hall–Kier alpha value is -2.62. The molecule has 1 fully saturated rings. The molecule has 8 nitrogen and oxygen atoms in total. The number of ketones is 1. The number of rotatable bonds is 7. The zero-order valence-corrected chi connectivity index (χ0v) is 18.8. The molecule has 1 heterocycles. The lowest BCUT2D eigenvalue weighted by atomic mass is 10.1. The number of benzene rings is 2. The fourth-order valence-corrected chi connectivity index (χ4v) is 4.75. The third-order valence-corrected chi connectivity index (χ3v) is 7.13. The quantitative estimate of drug-likeness (QED) is 0.582. The van der Waals surface area contributed by atoms with Gasteiger partial charge in [0.25, 0.3) is 5.91 Å². The summed E-state index contributed by atoms with van der Waals surface area (Å²) < 4.78 is 37.6. The monoisotopic (exact) mass is 466 g/mol. The van der Waals surface area contributed by atoms with E-state index in [1.54, 1.807) is 23.1 Å². The van der Waals surface area contributed by atoms with Gasteiger partial charge in [-0.25, -0.2) is 8.42 Å². The van der Waals surface area contributed by atoms with Crippen molar-refractivity contribution >= 4 is 33.3 Å². The number of hydrogen-bond donors (Lipinski definition) is 0. The van der Waals surface area contributed by atoms with Gasteiger partial charge in [-0.3, -0.25) is 9.59 Å². The first kappa shape index (κ1) is 23.1. The summed E-state index contributed by atoms with van der Waals surface area (Å²) in [4.78, 5) is 26.1. The average Bonchev–Trinajstić information content (AvgIpc) is 2.77. The summed E-state index contributed by atoms with van der Waals surface area (Å²) in [6, 6.07) is 10.8. The van der Waals surface area contributed by atoms with Gasteiger partial charge in [-0.15, -0.1) is 0 Å². The highest BCUT2D eigenvalue weighted by Crippen LogP contribution is 2.25. The highest BCUT2D eigenvalue weighted by atomic mass is 35.5. The third kappa shape index (κ3) is 5.36. The number of carbonyl (C=O) groups is 2. The van der Waals surface area contributed by atoms with Gasteiger partial charge in [0.2, 0.25) is 10.0 Å². The summed E-state index contributed by atoms with van der Waals surface area (Å²) in [6.07, 6.45) is 0. The van der Waals surface area contributed by atoms with Gasteiger partial charge in [-0.2, -0.15) is 4.31 Å². The molecule has 0 aliphatic carbocycles. The van der Waals surface area contributed by atoms with Gasteiger partial charge >= 0.3 is 0 Å². The second-order valence-electron chi connectivity index (χ2n) is 6.95. The maximum atomic E-state index is 12.8. The van der Waals surface area contributed by atoms with E-state index in [0.29, 0.717) is 16.3 Å². The van der Waals surface area contributed by atoms with Gasteiger partial charge in [0, 0.05) is 37.3 Å². The minimum Gasteiger partial charge on any atom is -0.497 e. The number of amides is 1. The fourth-order valence-electron chi connectivity index (χ4n) is 3.20. The van der Waals surface area contributed by atoms with Crippen molar-refractivity contribution in [2.45, 2.75) is 11.8 Å². The minimum absolute atomic E-state index is 0.162. The standard InChI is InChI=1S/C21H23ClN2O6S/c1-15(25)19-8-5-17(29-2)13-20(19)30-14-21(26)23-9-11-24(12-10-23)31(27,28)18-6-3-16(22)4-7-18/h3-8,13H,9-12,14H2,1-2H3. The van der Waals surface area contributed by atoms with E-state index in [4.69, 9.17) is 21.1 Å². The van der Waals surface area contributed by atoms with Crippen molar-refractivity contribution in [3.63, 3.8) is 0 Å². The van der Waals surface area contributed by atoms with Crippen LogP contribution in [0.5, 0.6) is 11.5 Å². The lowest BCUT2D eigenvalue weighted by molar-refractivity contribution is -0.134. The SMILES string of the molecule is COc1ccc(C(C)=O)c(OCC(=O)N2CCN(S(=O)(=O)c3ccc(Cl)cc3)CC2)c1. The molecule has 0 radical (unpaired) electrons. The molecule has 1 aliphatic heterocycles. The number of methoxy groups -OCH3 is 1. The molecule has 0 unspecified atom stereocenters. The zero-order valence-electron chi connectivity index (χ0n) is 17.2. The molecule has 0 N–H and O–H groups in total. The van der Waals surface area contributed by atoms with E-state index in [-0.39, 0.29) is 55.1 Å². The Morgan fingerprint density at radius 1 is 1.03 bits per heavy atom. The maximum Gasteiger partial charge on any atom is 0.260 e. The van der Waals surface area contributed by atoms with E-state index in [2.05, 4.69) is 0 Å². The first-order chi connectivity index (χ1) is 14.7. The largest absolute Gasteiger partial charge is 0.497 e. The van der Waals surface area contributed by atoms with Crippen LogP contribution in [0.1, 0.15) is 17.3 Å². The predicted octanol–water partition coefficient (Wildman–Crippen LogP) is 2.46. The van der Waals surface area contributed by atoms with Gasteiger partial charge in [-0.05, 0) is 43.3 Å². The summed E-state index contributed by atoms with van der Waals surface area (Å²) in [6.45, 7) is 1.98. The Morgan fingerprint density at radius 3 is 2.26 bits per heavy atom. The van der Waals surface area contributed by atoms with Crippen molar-refractivity contribution in [2.24, 2.45) is 0 Å². The van der Waals surface area contributed by atoms with Crippen LogP contribution in [0.3, 0.4) is 0 Å². The molecule has 10 heteroatoms. The van der Waals surface area contributed by atoms with Crippen LogP contribution in [0.15, 0.2) is 47.4 Å². The lowest BCUT2D eigenvalue weighted by Crippen LogP contribution is -2.51. The smallest absolute Gasteiger partial charge is 0.260 e. The molecule has 0 saturated carbocycles. The summed E-state index contributed by atoms with van der Waals surface area (Å²) in [5.74, 6) is 0.296. The van der Waals surface area contributed by atoms with Gasteiger partial charge in [0.15, 0.2) is 12.4 Å². The highest BCUT2D eigenvalue weighted by Gasteiger charge is 2.30. The fraction of sp³-hybridized carbons (Fsp3) is 0.333. The van der Waals surface area contributed by atoms with Gasteiger partial charge in [-0.1, -0.05) is 11.6 Å². The molecule has 1 aliphatic rings. The Bertz CT molecular complexity index is 1060. The van der Waals surface area contributed by atoms with Crippen LogP contribution in [-0.4, -0.2) is 69.2 Å². The molecule has 31 heavy (non-hydrogen) atoms. The van der Waals surface area contributed by atoms with E-state index in [0.717, 1.165) is 0 Å². The van der Waals surface area contributed by atoms with Crippen molar-refractivity contribution in [2.75, 3.05) is 39.9 Å². The summed E-state index contributed by atoms with van der Waals surface area (Å²) in [7, 11) is -2.16. The van der Waals surface area contributed by atoms with Crippen LogP contribution in [0.4, 0.5) is 0 Å². The first-order valence-electron chi connectivity index (χ1n) is 9.57. The van der Waals surface area contributed by atoms with Gasteiger partial charge in [0.1, 0.15) is 11.5 Å². The second-order valence-corrected chi connectivity index (χ2v) is 9.32. The summed E-state index contributed by atoms with van der Waals surface area (Å²) in [5.41, 5.74) is 0.354. The van der Waals surface area contributed by atoms with E-state index >= 15 is 0 Å². The molecule has 0 spiro atoms. The number of ether oxygens (including phenoxy) is 2. The molecule has 2 aromatic carbocycles. The van der Waals surface area contributed by atoms with Crippen LogP contribution >= 0.6 is 11.6 Å². The van der Waals surface area contributed by atoms with E-state index in [9.17, 15) is 18.0 Å².